The Bertz CT molecular complexity index is 676. The molecular formula is C16H20N4O2. The summed E-state index contributed by atoms with van der Waals surface area (Å²) in [6.07, 6.45) is 1.68. The van der Waals surface area contributed by atoms with Crippen LogP contribution in [0.15, 0.2) is 30.5 Å². The van der Waals surface area contributed by atoms with Gasteiger partial charge in [0.2, 0.25) is 0 Å². The van der Waals surface area contributed by atoms with E-state index in [0.29, 0.717) is 25.5 Å². The van der Waals surface area contributed by atoms with E-state index in [2.05, 4.69) is 10.3 Å². The molecule has 3 rings (SSSR count). The van der Waals surface area contributed by atoms with Crippen molar-refractivity contribution in [3.63, 3.8) is 0 Å². The molecular weight excluding hydrogens is 280 g/mol. The van der Waals surface area contributed by atoms with Gasteiger partial charge in [-0.3, -0.25) is 4.79 Å². The highest BCUT2D eigenvalue weighted by Gasteiger charge is 2.35. The number of aromatic nitrogens is 3. The molecule has 1 aromatic carbocycles. The third-order valence-corrected chi connectivity index (χ3v) is 3.90. The maximum absolute atomic E-state index is 12.7. The number of morpholine rings is 1. The maximum atomic E-state index is 12.7. The normalized spacial score (nSPS) is 17.5. The van der Waals surface area contributed by atoms with Crippen molar-refractivity contribution in [3.8, 4) is 5.69 Å². The Balaban J connectivity index is 1.84. The second-order valence-electron chi connectivity index (χ2n) is 6.21. The van der Waals surface area contributed by atoms with Crippen molar-refractivity contribution in [1.82, 2.24) is 19.9 Å². The number of ether oxygens (including phenoxy) is 1. The second kappa shape index (κ2) is 5.53. The number of benzene rings is 1. The molecule has 1 aromatic heterocycles. The van der Waals surface area contributed by atoms with Crippen LogP contribution in [0.25, 0.3) is 5.69 Å². The zero-order valence-corrected chi connectivity index (χ0v) is 13.1. The molecule has 0 spiro atoms. The fraction of sp³-hybridized carbons (Fsp3) is 0.438. The fourth-order valence-corrected chi connectivity index (χ4v) is 2.56. The molecule has 0 unspecified atom stereocenters. The number of rotatable bonds is 2. The highest BCUT2D eigenvalue weighted by Crippen LogP contribution is 2.21. The second-order valence-corrected chi connectivity index (χ2v) is 6.21. The van der Waals surface area contributed by atoms with Crippen molar-refractivity contribution >= 4 is 5.91 Å². The van der Waals surface area contributed by atoms with E-state index in [4.69, 9.17) is 4.74 Å². The van der Waals surface area contributed by atoms with Crippen LogP contribution in [-0.4, -0.2) is 51.1 Å². The Hall–Kier alpha value is -2.21. The van der Waals surface area contributed by atoms with Crippen LogP contribution in [0, 0.1) is 6.92 Å². The van der Waals surface area contributed by atoms with Crippen molar-refractivity contribution in [1.29, 1.82) is 0 Å². The summed E-state index contributed by atoms with van der Waals surface area (Å²) in [6.45, 7) is 7.68. The molecule has 6 heteroatoms. The lowest BCUT2D eigenvalue weighted by atomic mass is 10.0. The SMILES string of the molecule is Cc1ccc(-n2cc(C(=O)N3CCOCC3(C)C)nn2)cc1. The standard InChI is InChI=1S/C16H20N4O2/c1-12-4-6-13(7-5-12)20-10-14(17-18-20)15(21)19-8-9-22-11-16(19,2)3/h4-7,10H,8-9,11H2,1-3H3. The largest absolute Gasteiger partial charge is 0.377 e. The third-order valence-electron chi connectivity index (χ3n) is 3.90. The molecule has 0 N–H and O–H groups in total. The molecule has 1 aliphatic rings. The minimum Gasteiger partial charge on any atom is -0.377 e. The summed E-state index contributed by atoms with van der Waals surface area (Å²) < 4.78 is 7.08. The van der Waals surface area contributed by atoms with Gasteiger partial charge >= 0.3 is 0 Å². The average molecular weight is 300 g/mol. The monoisotopic (exact) mass is 300 g/mol. The topological polar surface area (TPSA) is 60.2 Å². The van der Waals surface area contributed by atoms with Crippen molar-refractivity contribution in [2.24, 2.45) is 0 Å². The fourth-order valence-electron chi connectivity index (χ4n) is 2.56. The van der Waals surface area contributed by atoms with Crippen LogP contribution >= 0.6 is 0 Å². The van der Waals surface area contributed by atoms with E-state index in [1.807, 2.05) is 45.0 Å². The number of hydrogen-bond donors (Lipinski definition) is 0. The summed E-state index contributed by atoms with van der Waals surface area (Å²) in [7, 11) is 0. The lowest BCUT2D eigenvalue weighted by Crippen LogP contribution is -2.55. The summed E-state index contributed by atoms with van der Waals surface area (Å²) >= 11 is 0. The van der Waals surface area contributed by atoms with Gasteiger partial charge in [-0.25, -0.2) is 4.68 Å². The lowest BCUT2D eigenvalue weighted by Gasteiger charge is -2.41. The van der Waals surface area contributed by atoms with Gasteiger partial charge in [-0.15, -0.1) is 5.10 Å². The highest BCUT2D eigenvalue weighted by atomic mass is 16.5. The molecule has 1 saturated heterocycles. The third kappa shape index (κ3) is 2.74. The first kappa shape index (κ1) is 14.7. The molecule has 0 saturated carbocycles. The lowest BCUT2D eigenvalue weighted by molar-refractivity contribution is -0.0373. The van der Waals surface area contributed by atoms with Crippen LogP contribution in [0.1, 0.15) is 29.9 Å². The summed E-state index contributed by atoms with van der Waals surface area (Å²) in [6, 6.07) is 7.92. The number of aryl methyl sites for hydroxylation is 1. The minimum absolute atomic E-state index is 0.105. The Morgan fingerprint density at radius 1 is 1.27 bits per heavy atom. The molecule has 1 fully saturated rings. The van der Waals surface area contributed by atoms with Gasteiger partial charge in [-0.05, 0) is 32.9 Å². The number of hydrogen-bond acceptors (Lipinski definition) is 4. The molecule has 0 aliphatic carbocycles. The molecule has 0 radical (unpaired) electrons. The highest BCUT2D eigenvalue weighted by molar-refractivity contribution is 5.92. The molecule has 1 amide bonds. The predicted molar refractivity (Wildman–Crippen MR) is 82.0 cm³/mol. The molecule has 0 atom stereocenters. The van der Waals surface area contributed by atoms with E-state index < -0.39 is 0 Å². The first-order valence-electron chi connectivity index (χ1n) is 7.36. The number of nitrogens with zero attached hydrogens (tertiary/aromatic N) is 4. The Kier molecular flexibility index (Phi) is 3.70. The van der Waals surface area contributed by atoms with Crippen LogP contribution < -0.4 is 0 Å². The summed E-state index contributed by atoms with van der Waals surface area (Å²) in [5.74, 6) is -0.105. The van der Waals surface area contributed by atoms with Gasteiger partial charge in [-0.1, -0.05) is 22.9 Å². The first-order chi connectivity index (χ1) is 10.5. The summed E-state index contributed by atoms with van der Waals surface area (Å²) in [5, 5.41) is 8.10. The minimum atomic E-state index is -0.330. The molecule has 6 nitrogen and oxygen atoms in total. The summed E-state index contributed by atoms with van der Waals surface area (Å²) in [4.78, 5) is 14.5. The van der Waals surface area contributed by atoms with Crippen LogP contribution in [0.5, 0.6) is 0 Å². The van der Waals surface area contributed by atoms with Gasteiger partial charge in [0, 0.05) is 6.54 Å². The van der Waals surface area contributed by atoms with Crippen molar-refractivity contribution in [3.05, 3.63) is 41.7 Å². The molecule has 0 bridgehead atoms. The molecule has 2 aromatic rings. The van der Waals surface area contributed by atoms with E-state index in [1.165, 1.54) is 5.56 Å². The average Bonchev–Trinajstić information content (AvgIpc) is 2.97. The van der Waals surface area contributed by atoms with E-state index in [9.17, 15) is 4.79 Å². The summed E-state index contributed by atoms with van der Waals surface area (Å²) in [5.41, 5.74) is 2.09. The predicted octanol–water partition coefficient (Wildman–Crippen LogP) is 1.83. The first-order valence-corrected chi connectivity index (χ1v) is 7.36. The Morgan fingerprint density at radius 3 is 2.68 bits per heavy atom. The number of amides is 1. The molecule has 116 valence electrons. The van der Waals surface area contributed by atoms with Crippen molar-refractivity contribution < 1.29 is 9.53 Å². The van der Waals surface area contributed by atoms with E-state index in [0.717, 1.165) is 5.69 Å². The van der Waals surface area contributed by atoms with Gasteiger partial charge in [0.15, 0.2) is 5.69 Å². The number of carbonyl (C=O) groups is 1. The van der Waals surface area contributed by atoms with Gasteiger partial charge in [-0.2, -0.15) is 0 Å². The van der Waals surface area contributed by atoms with E-state index >= 15 is 0 Å². The van der Waals surface area contributed by atoms with Crippen LogP contribution in [0.3, 0.4) is 0 Å². The van der Waals surface area contributed by atoms with E-state index in [-0.39, 0.29) is 11.4 Å². The van der Waals surface area contributed by atoms with Gasteiger partial charge in [0.25, 0.3) is 5.91 Å². The van der Waals surface area contributed by atoms with Gasteiger partial charge < -0.3 is 9.64 Å². The van der Waals surface area contributed by atoms with E-state index in [1.54, 1.807) is 15.8 Å². The van der Waals surface area contributed by atoms with Crippen LogP contribution in [0.2, 0.25) is 0 Å². The van der Waals surface area contributed by atoms with Crippen molar-refractivity contribution in [2.45, 2.75) is 26.3 Å². The van der Waals surface area contributed by atoms with Gasteiger partial charge in [0.1, 0.15) is 0 Å². The Morgan fingerprint density at radius 2 is 2.00 bits per heavy atom. The van der Waals surface area contributed by atoms with Gasteiger partial charge in [0.05, 0.1) is 30.6 Å². The molecule has 22 heavy (non-hydrogen) atoms. The maximum Gasteiger partial charge on any atom is 0.276 e. The Labute approximate surface area is 129 Å². The zero-order chi connectivity index (χ0) is 15.7. The van der Waals surface area contributed by atoms with Crippen molar-refractivity contribution in [2.75, 3.05) is 19.8 Å². The molecule has 1 aliphatic heterocycles. The van der Waals surface area contributed by atoms with Crippen LogP contribution in [0.4, 0.5) is 0 Å². The molecule has 2 heterocycles. The van der Waals surface area contributed by atoms with Crippen LogP contribution in [-0.2, 0) is 4.74 Å². The smallest absolute Gasteiger partial charge is 0.276 e. The quantitative estimate of drug-likeness (QED) is 0.849. The number of carbonyl (C=O) groups excluding carboxylic acids is 1. The zero-order valence-electron chi connectivity index (χ0n) is 13.1.